The van der Waals surface area contributed by atoms with Gasteiger partial charge in [0.05, 0.1) is 0 Å². The monoisotopic (exact) mass is 357 g/mol. The van der Waals surface area contributed by atoms with Crippen LogP contribution in [0.3, 0.4) is 0 Å². The Bertz CT molecular complexity index is 615. The normalized spacial score (nSPS) is 18.2. The van der Waals surface area contributed by atoms with E-state index in [0.29, 0.717) is 24.3 Å². The average molecular weight is 357 g/mol. The van der Waals surface area contributed by atoms with Crippen LogP contribution in [0, 0.1) is 11.8 Å². The highest BCUT2D eigenvalue weighted by Crippen LogP contribution is 2.32. The summed E-state index contributed by atoms with van der Waals surface area (Å²) < 4.78 is 0. The molecule has 0 radical (unpaired) electrons. The van der Waals surface area contributed by atoms with Gasteiger partial charge >= 0.3 is 0 Å². The fourth-order valence-corrected chi connectivity index (χ4v) is 3.57. The maximum absolute atomic E-state index is 12.1. The van der Waals surface area contributed by atoms with Crippen molar-refractivity contribution in [1.82, 2.24) is 15.1 Å². The predicted octanol–water partition coefficient (Wildman–Crippen LogP) is 2.17. The van der Waals surface area contributed by atoms with E-state index in [1.54, 1.807) is 0 Å². The molecule has 1 aromatic rings. The number of hydrogen-bond donors (Lipinski definition) is 1. The lowest BCUT2D eigenvalue weighted by Gasteiger charge is -2.32. The van der Waals surface area contributed by atoms with E-state index in [4.69, 9.17) is 0 Å². The van der Waals surface area contributed by atoms with Crippen LogP contribution >= 0.6 is 0 Å². The first-order chi connectivity index (χ1) is 12.5. The highest BCUT2D eigenvalue weighted by molar-refractivity contribution is 5.94. The summed E-state index contributed by atoms with van der Waals surface area (Å²) >= 11 is 0. The van der Waals surface area contributed by atoms with Crippen LogP contribution in [0.5, 0.6) is 0 Å². The molecular formula is C21H31N3O2. The summed E-state index contributed by atoms with van der Waals surface area (Å²) in [5.41, 5.74) is 2.00. The van der Waals surface area contributed by atoms with Gasteiger partial charge in [-0.1, -0.05) is 12.1 Å². The molecule has 5 nitrogen and oxygen atoms in total. The molecule has 1 saturated heterocycles. The lowest BCUT2D eigenvalue weighted by Crippen LogP contribution is -2.39. The van der Waals surface area contributed by atoms with Gasteiger partial charge in [-0.15, -0.1) is 0 Å². The molecule has 1 saturated carbocycles. The van der Waals surface area contributed by atoms with Gasteiger partial charge in [-0.2, -0.15) is 0 Å². The van der Waals surface area contributed by atoms with Crippen molar-refractivity contribution in [2.24, 2.45) is 11.8 Å². The first-order valence-electron chi connectivity index (χ1n) is 9.83. The fraction of sp³-hybridized carbons (Fsp3) is 0.619. The maximum Gasteiger partial charge on any atom is 0.251 e. The summed E-state index contributed by atoms with van der Waals surface area (Å²) in [7, 11) is 3.99. The zero-order valence-electron chi connectivity index (χ0n) is 16.0. The van der Waals surface area contributed by atoms with Gasteiger partial charge in [0, 0.05) is 37.7 Å². The lowest BCUT2D eigenvalue weighted by molar-refractivity contribution is -0.133. The van der Waals surface area contributed by atoms with Crippen LogP contribution in [0.4, 0.5) is 0 Å². The van der Waals surface area contributed by atoms with Gasteiger partial charge in [-0.25, -0.2) is 0 Å². The van der Waals surface area contributed by atoms with Crippen LogP contribution in [0.1, 0.15) is 41.6 Å². The molecule has 26 heavy (non-hydrogen) atoms. The summed E-state index contributed by atoms with van der Waals surface area (Å²) in [4.78, 5) is 28.4. The van der Waals surface area contributed by atoms with Crippen LogP contribution in [0.25, 0.3) is 0 Å². The molecule has 0 unspecified atom stereocenters. The Morgan fingerprint density at radius 3 is 2.31 bits per heavy atom. The number of likely N-dealkylation sites (tertiary alicyclic amines) is 1. The number of likely N-dealkylation sites (N-methyl/N-ethyl adjacent to an activating group) is 1. The SMILES string of the molecule is CN(C)CCNC(=O)c1ccc(CC2CCN(C(=O)C3CC3)CC2)cc1. The molecule has 2 amide bonds. The standard InChI is InChI=1S/C21H31N3O2/c1-23(2)14-11-22-20(25)18-5-3-16(4-6-18)15-17-9-12-24(13-10-17)21(26)19-7-8-19/h3-6,17,19H,7-15H2,1-2H3,(H,22,25). The minimum absolute atomic E-state index is 0.00898. The second-order valence-electron chi connectivity index (χ2n) is 8.00. The van der Waals surface area contributed by atoms with E-state index in [-0.39, 0.29) is 5.91 Å². The molecular weight excluding hydrogens is 326 g/mol. The molecule has 0 bridgehead atoms. The third-order valence-electron chi connectivity index (χ3n) is 5.44. The number of hydrogen-bond acceptors (Lipinski definition) is 3. The third kappa shape index (κ3) is 5.31. The molecule has 0 spiro atoms. The lowest BCUT2D eigenvalue weighted by atomic mass is 9.89. The van der Waals surface area contributed by atoms with E-state index in [1.165, 1.54) is 5.56 Å². The zero-order valence-corrected chi connectivity index (χ0v) is 16.0. The molecule has 1 N–H and O–H groups in total. The Balaban J connectivity index is 1.43. The molecule has 0 aromatic heterocycles. The second-order valence-corrected chi connectivity index (χ2v) is 8.00. The topological polar surface area (TPSA) is 52.7 Å². The van der Waals surface area contributed by atoms with Crippen molar-refractivity contribution < 1.29 is 9.59 Å². The average Bonchev–Trinajstić information content (AvgIpc) is 3.47. The van der Waals surface area contributed by atoms with Crippen molar-refractivity contribution in [2.45, 2.75) is 32.1 Å². The Morgan fingerprint density at radius 1 is 1.08 bits per heavy atom. The minimum Gasteiger partial charge on any atom is -0.351 e. The molecule has 3 rings (SSSR count). The second kappa shape index (κ2) is 8.67. The van der Waals surface area contributed by atoms with Crippen LogP contribution in [-0.2, 0) is 11.2 Å². The first-order valence-corrected chi connectivity index (χ1v) is 9.83. The number of carbonyl (C=O) groups excluding carboxylic acids is 2. The smallest absolute Gasteiger partial charge is 0.251 e. The molecule has 142 valence electrons. The van der Waals surface area contributed by atoms with E-state index in [1.807, 2.05) is 31.1 Å². The number of nitrogens with one attached hydrogen (secondary N) is 1. The van der Waals surface area contributed by atoms with Crippen molar-refractivity contribution in [3.8, 4) is 0 Å². The first kappa shape index (κ1) is 18.9. The van der Waals surface area contributed by atoms with Gasteiger partial charge in [-0.05, 0) is 69.8 Å². The molecule has 1 aliphatic carbocycles. The Labute approximate surface area is 156 Å². The van der Waals surface area contributed by atoms with Crippen LogP contribution in [-0.4, -0.2) is 61.9 Å². The molecule has 2 fully saturated rings. The van der Waals surface area contributed by atoms with E-state index in [9.17, 15) is 9.59 Å². The molecule has 5 heteroatoms. The van der Waals surface area contributed by atoms with Crippen LogP contribution < -0.4 is 5.32 Å². The summed E-state index contributed by atoms with van der Waals surface area (Å²) in [5.74, 6) is 1.35. The van der Waals surface area contributed by atoms with Gasteiger partial charge in [-0.3, -0.25) is 9.59 Å². The van der Waals surface area contributed by atoms with E-state index in [0.717, 1.165) is 57.3 Å². The number of nitrogens with zero attached hydrogens (tertiary/aromatic N) is 2. The number of amides is 2. The number of benzene rings is 1. The van der Waals surface area contributed by atoms with Gasteiger partial charge in [0.15, 0.2) is 0 Å². The van der Waals surface area contributed by atoms with Crippen molar-refractivity contribution in [1.29, 1.82) is 0 Å². The fourth-order valence-electron chi connectivity index (χ4n) is 3.57. The largest absolute Gasteiger partial charge is 0.351 e. The third-order valence-corrected chi connectivity index (χ3v) is 5.44. The Hall–Kier alpha value is -1.88. The number of piperidine rings is 1. The Kier molecular flexibility index (Phi) is 6.30. The molecule has 1 aromatic carbocycles. The van der Waals surface area contributed by atoms with Gasteiger partial charge in [0.1, 0.15) is 0 Å². The van der Waals surface area contributed by atoms with Crippen molar-refractivity contribution >= 4 is 11.8 Å². The maximum atomic E-state index is 12.1. The summed E-state index contributed by atoms with van der Waals surface area (Å²) in [5, 5.41) is 2.94. The molecule has 1 aliphatic heterocycles. The highest BCUT2D eigenvalue weighted by atomic mass is 16.2. The summed E-state index contributed by atoms with van der Waals surface area (Å²) in [6.07, 6.45) is 5.39. The highest BCUT2D eigenvalue weighted by Gasteiger charge is 2.34. The van der Waals surface area contributed by atoms with Crippen molar-refractivity contribution in [3.63, 3.8) is 0 Å². The van der Waals surface area contributed by atoms with E-state index < -0.39 is 0 Å². The quantitative estimate of drug-likeness (QED) is 0.814. The van der Waals surface area contributed by atoms with Crippen molar-refractivity contribution in [3.05, 3.63) is 35.4 Å². The van der Waals surface area contributed by atoms with Gasteiger partial charge in [0.2, 0.25) is 5.91 Å². The van der Waals surface area contributed by atoms with Gasteiger partial charge < -0.3 is 15.1 Å². The molecule has 1 heterocycles. The predicted molar refractivity (Wildman–Crippen MR) is 103 cm³/mol. The summed E-state index contributed by atoms with van der Waals surface area (Å²) in [6, 6.07) is 7.99. The zero-order chi connectivity index (χ0) is 18.5. The van der Waals surface area contributed by atoms with Gasteiger partial charge in [0.25, 0.3) is 5.91 Å². The number of carbonyl (C=O) groups is 2. The summed E-state index contributed by atoms with van der Waals surface area (Å²) in [6.45, 7) is 3.32. The van der Waals surface area contributed by atoms with E-state index >= 15 is 0 Å². The minimum atomic E-state index is -0.00898. The van der Waals surface area contributed by atoms with E-state index in [2.05, 4.69) is 22.3 Å². The Morgan fingerprint density at radius 2 is 1.73 bits per heavy atom. The van der Waals surface area contributed by atoms with Crippen LogP contribution in [0.15, 0.2) is 24.3 Å². The van der Waals surface area contributed by atoms with Crippen molar-refractivity contribution in [2.75, 3.05) is 40.3 Å². The molecule has 0 atom stereocenters. The van der Waals surface area contributed by atoms with Crippen LogP contribution in [0.2, 0.25) is 0 Å². The molecule has 2 aliphatic rings. The number of rotatable bonds is 7.